The molecule has 1 N–H and O–H groups in total. The van der Waals surface area contributed by atoms with Crippen molar-refractivity contribution in [2.45, 2.75) is 63.2 Å². The molecule has 1 aromatic rings. The Bertz CT molecular complexity index is 1170. The fourth-order valence-corrected chi connectivity index (χ4v) is 7.07. The lowest BCUT2D eigenvalue weighted by Gasteiger charge is -2.38. The summed E-state index contributed by atoms with van der Waals surface area (Å²) in [4.78, 5) is 48.0. The number of likely N-dealkylation sites (tertiary alicyclic amines) is 1. The van der Waals surface area contributed by atoms with Gasteiger partial charge in [-0.05, 0) is 56.4 Å². The van der Waals surface area contributed by atoms with Gasteiger partial charge < -0.3 is 24.5 Å². The van der Waals surface area contributed by atoms with Gasteiger partial charge in [0.05, 0.1) is 17.4 Å². The molecule has 0 aromatic heterocycles. The number of hydrogen-bond donors (Lipinski definition) is 1. The molecule has 1 unspecified atom stereocenters. The fourth-order valence-electron chi connectivity index (χ4n) is 6.95. The van der Waals surface area contributed by atoms with Crippen LogP contribution in [0, 0.1) is 11.8 Å². The highest BCUT2D eigenvalue weighted by Crippen LogP contribution is 2.58. The summed E-state index contributed by atoms with van der Waals surface area (Å²) >= 11 is 6.12. The highest BCUT2D eigenvalue weighted by Gasteiger charge is 2.75. The number of rotatable bonds is 9. The van der Waals surface area contributed by atoms with E-state index in [4.69, 9.17) is 16.3 Å². The van der Waals surface area contributed by atoms with E-state index in [1.807, 2.05) is 43.1 Å². The van der Waals surface area contributed by atoms with Crippen LogP contribution in [0.2, 0.25) is 5.02 Å². The van der Waals surface area contributed by atoms with Gasteiger partial charge in [-0.15, -0.1) is 0 Å². The molecule has 5 atom stereocenters. The molecule has 5 rings (SSSR count). The Balaban J connectivity index is 1.61. The number of ether oxygens (including phenoxy) is 1. The smallest absolute Gasteiger partial charge is 0.253 e. The molecule has 3 amide bonds. The molecule has 0 saturated carbocycles. The molecule has 2 saturated heterocycles. The van der Waals surface area contributed by atoms with E-state index in [0.29, 0.717) is 56.2 Å². The van der Waals surface area contributed by atoms with Crippen molar-refractivity contribution in [2.75, 3.05) is 37.7 Å². The third-order valence-corrected chi connectivity index (χ3v) is 8.96. The average Bonchev–Trinajstić information content (AvgIpc) is 3.22. The largest absolute Gasteiger partial charge is 0.396 e. The second-order valence-electron chi connectivity index (χ2n) is 11.0. The summed E-state index contributed by atoms with van der Waals surface area (Å²) in [5.74, 6) is -2.05. The minimum absolute atomic E-state index is 0.0776. The number of fused-ring (bicyclic) bond motifs is 2. The minimum atomic E-state index is -1.26. The number of unbranched alkanes of at least 4 members (excludes halogenated alkanes) is 2. The molecule has 210 valence electrons. The molecule has 0 radical (unpaired) electrons. The number of nitrogens with zero attached hydrogens (tertiary/aromatic N) is 3. The minimum Gasteiger partial charge on any atom is -0.396 e. The third-order valence-electron chi connectivity index (χ3n) is 8.71. The Kier molecular flexibility index (Phi) is 7.91. The molecule has 4 aliphatic heterocycles. The first-order valence-corrected chi connectivity index (χ1v) is 14.5. The summed E-state index contributed by atoms with van der Waals surface area (Å²) < 4.78 is 6.98. The van der Waals surface area contributed by atoms with Crippen LogP contribution < -0.4 is 4.90 Å². The molecule has 0 aliphatic carbocycles. The average molecular weight is 556 g/mol. The van der Waals surface area contributed by atoms with Crippen LogP contribution >= 0.6 is 11.6 Å². The van der Waals surface area contributed by atoms with Crippen LogP contribution in [0.1, 0.15) is 46.0 Å². The Morgan fingerprint density at radius 2 is 1.67 bits per heavy atom. The van der Waals surface area contributed by atoms with Crippen molar-refractivity contribution in [3.8, 4) is 0 Å². The van der Waals surface area contributed by atoms with Gasteiger partial charge in [-0.25, -0.2) is 0 Å². The number of carbonyl (C=O) groups is 3. The number of amides is 3. The van der Waals surface area contributed by atoms with Gasteiger partial charge in [0.2, 0.25) is 11.8 Å². The van der Waals surface area contributed by atoms with E-state index in [1.165, 1.54) is 0 Å². The summed E-state index contributed by atoms with van der Waals surface area (Å²) in [5, 5.41) is 9.84. The molecule has 9 heteroatoms. The highest BCUT2D eigenvalue weighted by molar-refractivity contribution is 6.30. The molecular formula is C30H38ClN3O5. The summed E-state index contributed by atoms with van der Waals surface area (Å²) in [6.45, 7) is 5.84. The van der Waals surface area contributed by atoms with Crippen LogP contribution in [0.25, 0.3) is 0 Å². The summed E-state index contributed by atoms with van der Waals surface area (Å²) in [6.07, 6.45) is 11.0. The van der Waals surface area contributed by atoms with E-state index >= 15 is 0 Å². The van der Waals surface area contributed by atoms with E-state index in [9.17, 15) is 19.5 Å². The van der Waals surface area contributed by atoms with Gasteiger partial charge in [-0.2, -0.15) is 0 Å². The van der Waals surface area contributed by atoms with E-state index in [2.05, 4.69) is 0 Å². The molecule has 1 spiro atoms. The molecule has 2 fully saturated rings. The van der Waals surface area contributed by atoms with Crippen LogP contribution in [-0.4, -0.2) is 82.7 Å². The fraction of sp³-hybridized carbons (Fsp3) is 0.567. The zero-order valence-corrected chi connectivity index (χ0v) is 23.5. The maximum Gasteiger partial charge on any atom is 0.253 e. The molecular weight excluding hydrogens is 518 g/mol. The van der Waals surface area contributed by atoms with Gasteiger partial charge in [0, 0.05) is 43.5 Å². The van der Waals surface area contributed by atoms with Crippen molar-refractivity contribution in [1.29, 1.82) is 0 Å². The quantitative estimate of drug-likeness (QED) is 0.371. The zero-order valence-electron chi connectivity index (χ0n) is 22.7. The first-order valence-electron chi connectivity index (χ1n) is 14.2. The second-order valence-corrected chi connectivity index (χ2v) is 11.4. The van der Waals surface area contributed by atoms with E-state index in [1.54, 1.807) is 34.1 Å². The van der Waals surface area contributed by atoms with E-state index in [0.717, 1.165) is 12.8 Å². The van der Waals surface area contributed by atoms with Crippen LogP contribution in [0.4, 0.5) is 5.69 Å². The SMILES string of the molecule is CCCN1CC=C[C@@]2(CC)O[C@]34C=CCN(c5ccc(Cl)cc5)C(=O)C3N(CCCCCO)C(=O)[C@@H]4[C@H]2C1=O. The monoisotopic (exact) mass is 555 g/mol. The first-order chi connectivity index (χ1) is 18.8. The maximum atomic E-state index is 14.4. The predicted molar refractivity (Wildman–Crippen MR) is 149 cm³/mol. The Hall–Kier alpha value is -2.68. The van der Waals surface area contributed by atoms with Crippen molar-refractivity contribution in [3.05, 3.63) is 53.6 Å². The van der Waals surface area contributed by atoms with Gasteiger partial charge in [0.25, 0.3) is 5.91 Å². The van der Waals surface area contributed by atoms with Gasteiger partial charge in [0.15, 0.2) is 0 Å². The third kappa shape index (κ3) is 4.50. The van der Waals surface area contributed by atoms with Crippen LogP contribution in [0.5, 0.6) is 0 Å². The lowest BCUT2D eigenvalue weighted by atomic mass is 9.73. The number of hydrogen-bond acceptors (Lipinski definition) is 5. The zero-order chi connectivity index (χ0) is 27.8. The summed E-state index contributed by atoms with van der Waals surface area (Å²) in [6, 6.07) is 6.17. The van der Waals surface area contributed by atoms with Crippen molar-refractivity contribution in [2.24, 2.45) is 11.8 Å². The number of aliphatic hydroxyl groups is 1. The standard InChI is InChI=1S/C30H38ClN3O5/c1-3-16-32-17-8-14-29(4-2)23(26(32)36)24-27(37)34(18-6-5-7-20-35)25-28(38)33(19-9-15-30(24,25)39-29)22-12-10-21(31)11-13-22/h8-15,23-25,35H,3-7,16-20H2,1-2H3/t23-,24-,25?,29+,30-/m0/s1. The number of benzene rings is 1. The van der Waals surface area contributed by atoms with Gasteiger partial charge in [-0.3, -0.25) is 14.4 Å². The molecule has 8 nitrogen and oxygen atoms in total. The summed E-state index contributed by atoms with van der Waals surface area (Å²) in [7, 11) is 0. The Morgan fingerprint density at radius 1 is 0.923 bits per heavy atom. The topological polar surface area (TPSA) is 90.4 Å². The van der Waals surface area contributed by atoms with Crippen molar-refractivity contribution < 1.29 is 24.2 Å². The summed E-state index contributed by atoms with van der Waals surface area (Å²) in [5.41, 5.74) is -1.55. The van der Waals surface area contributed by atoms with Crippen LogP contribution in [0.15, 0.2) is 48.6 Å². The van der Waals surface area contributed by atoms with E-state index in [-0.39, 0.29) is 24.3 Å². The molecule has 0 bridgehead atoms. The molecule has 4 aliphatic rings. The highest BCUT2D eigenvalue weighted by atomic mass is 35.5. The van der Waals surface area contributed by atoms with Crippen molar-refractivity contribution >= 4 is 35.0 Å². The Morgan fingerprint density at radius 3 is 2.36 bits per heavy atom. The maximum absolute atomic E-state index is 14.4. The number of halogens is 1. The van der Waals surface area contributed by atoms with Crippen molar-refractivity contribution in [3.63, 3.8) is 0 Å². The first kappa shape index (κ1) is 27.9. The Labute approximate surface area is 235 Å². The van der Waals surface area contributed by atoms with Crippen LogP contribution in [-0.2, 0) is 19.1 Å². The predicted octanol–water partition coefficient (Wildman–Crippen LogP) is 3.57. The molecule has 39 heavy (non-hydrogen) atoms. The normalized spacial score (nSPS) is 31.8. The lowest BCUT2D eigenvalue weighted by Crippen LogP contribution is -2.56. The molecule has 4 heterocycles. The van der Waals surface area contributed by atoms with Gasteiger partial charge in [0.1, 0.15) is 11.6 Å². The number of carbonyl (C=O) groups excluding carboxylic acids is 3. The molecule has 1 aromatic carbocycles. The van der Waals surface area contributed by atoms with Gasteiger partial charge in [-0.1, -0.05) is 49.8 Å². The second kappa shape index (κ2) is 11.1. The lowest BCUT2D eigenvalue weighted by molar-refractivity contribution is -0.150. The van der Waals surface area contributed by atoms with Gasteiger partial charge >= 0.3 is 0 Å². The number of anilines is 1. The van der Waals surface area contributed by atoms with E-state index < -0.39 is 29.1 Å². The van der Waals surface area contributed by atoms with Crippen LogP contribution in [0.3, 0.4) is 0 Å². The van der Waals surface area contributed by atoms with Crippen molar-refractivity contribution in [1.82, 2.24) is 9.80 Å². The number of aliphatic hydroxyl groups excluding tert-OH is 1.